The van der Waals surface area contributed by atoms with Crippen LogP contribution in [0.1, 0.15) is 19.3 Å². The number of benzene rings is 1. The van der Waals surface area contributed by atoms with E-state index in [9.17, 15) is 13.2 Å². The van der Waals surface area contributed by atoms with Crippen LogP contribution in [0.25, 0.3) is 0 Å². The van der Waals surface area contributed by atoms with E-state index in [0.717, 1.165) is 6.26 Å². The summed E-state index contributed by atoms with van der Waals surface area (Å²) in [6, 6.07) is 7.00. The third-order valence-corrected chi connectivity index (χ3v) is 4.08. The number of rotatable bonds is 6. The van der Waals surface area contributed by atoms with Crippen LogP contribution in [0.4, 0.5) is 5.69 Å². The Morgan fingerprint density at radius 3 is 2.63 bits per heavy atom. The average molecular weight is 282 g/mol. The summed E-state index contributed by atoms with van der Waals surface area (Å²) in [6.07, 6.45) is 3.83. The Hall–Kier alpha value is -1.40. The number of amides is 1. The molecule has 5 nitrogen and oxygen atoms in total. The van der Waals surface area contributed by atoms with Gasteiger partial charge in [0.05, 0.1) is 10.6 Å². The first-order valence-corrected chi connectivity index (χ1v) is 8.18. The van der Waals surface area contributed by atoms with E-state index in [4.69, 9.17) is 0 Å². The van der Waals surface area contributed by atoms with E-state index in [2.05, 4.69) is 10.6 Å². The third kappa shape index (κ3) is 4.33. The number of hydrogen-bond acceptors (Lipinski definition) is 4. The van der Waals surface area contributed by atoms with Crippen molar-refractivity contribution in [3.05, 3.63) is 24.3 Å². The Kier molecular flexibility index (Phi) is 4.21. The summed E-state index contributed by atoms with van der Waals surface area (Å²) in [5, 5.41) is 5.89. The van der Waals surface area contributed by atoms with Gasteiger partial charge < -0.3 is 10.6 Å². The zero-order valence-electron chi connectivity index (χ0n) is 10.8. The lowest BCUT2D eigenvalue weighted by Crippen LogP contribution is -2.23. The molecule has 0 unspecified atom stereocenters. The van der Waals surface area contributed by atoms with E-state index in [1.54, 1.807) is 18.2 Å². The molecule has 6 heteroatoms. The number of sulfone groups is 1. The number of hydrogen-bond donors (Lipinski definition) is 2. The highest BCUT2D eigenvalue weighted by Gasteiger charge is 2.20. The standard InChI is InChI=1S/C13H18N2O3S/c1-19(17,18)12-5-3-2-4-11(12)15-13(16)8-9-14-10-6-7-10/h2-5,10,14H,6-9H2,1H3,(H,15,16). The highest BCUT2D eigenvalue weighted by molar-refractivity contribution is 7.90. The van der Waals surface area contributed by atoms with Crippen molar-refractivity contribution in [3.8, 4) is 0 Å². The van der Waals surface area contributed by atoms with Crippen LogP contribution in [0.3, 0.4) is 0 Å². The maximum Gasteiger partial charge on any atom is 0.225 e. The van der Waals surface area contributed by atoms with Gasteiger partial charge >= 0.3 is 0 Å². The van der Waals surface area contributed by atoms with Crippen LogP contribution in [0.5, 0.6) is 0 Å². The molecule has 1 aromatic rings. The first kappa shape index (κ1) is 14.0. The molecule has 19 heavy (non-hydrogen) atoms. The second kappa shape index (κ2) is 5.71. The minimum absolute atomic E-state index is 0.151. The molecule has 0 saturated heterocycles. The predicted molar refractivity (Wildman–Crippen MR) is 73.8 cm³/mol. The van der Waals surface area contributed by atoms with Gasteiger partial charge in [-0.15, -0.1) is 0 Å². The molecular weight excluding hydrogens is 264 g/mol. The number of anilines is 1. The second-order valence-corrected chi connectivity index (χ2v) is 6.78. The van der Waals surface area contributed by atoms with Crippen LogP contribution >= 0.6 is 0 Å². The summed E-state index contributed by atoms with van der Waals surface area (Å²) < 4.78 is 23.2. The van der Waals surface area contributed by atoms with Gasteiger partial charge in [0.2, 0.25) is 5.91 Å². The quantitative estimate of drug-likeness (QED) is 0.821. The monoisotopic (exact) mass is 282 g/mol. The molecule has 2 rings (SSSR count). The molecule has 0 aromatic heterocycles. The fourth-order valence-corrected chi connectivity index (χ4v) is 2.63. The van der Waals surface area contributed by atoms with Gasteiger partial charge in [-0.05, 0) is 25.0 Å². The summed E-state index contributed by atoms with van der Waals surface area (Å²) >= 11 is 0. The first-order chi connectivity index (χ1) is 8.97. The molecule has 0 spiro atoms. The summed E-state index contributed by atoms with van der Waals surface area (Å²) in [5.74, 6) is -0.177. The summed E-state index contributed by atoms with van der Waals surface area (Å²) in [7, 11) is -3.33. The fraction of sp³-hybridized carbons (Fsp3) is 0.462. The highest BCUT2D eigenvalue weighted by Crippen LogP contribution is 2.21. The Bertz CT molecular complexity index is 565. The smallest absolute Gasteiger partial charge is 0.225 e. The lowest BCUT2D eigenvalue weighted by atomic mass is 10.3. The molecular formula is C13H18N2O3S. The molecule has 1 aliphatic carbocycles. The van der Waals surface area contributed by atoms with Gasteiger partial charge in [0, 0.05) is 25.3 Å². The molecule has 1 aromatic carbocycles. The van der Waals surface area contributed by atoms with E-state index in [1.807, 2.05) is 0 Å². The highest BCUT2D eigenvalue weighted by atomic mass is 32.2. The van der Waals surface area contributed by atoms with Crippen molar-refractivity contribution >= 4 is 21.4 Å². The van der Waals surface area contributed by atoms with E-state index >= 15 is 0 Å². The molecule has 0 bridgehead atoms. The Morgan fingerprint density at radius 1 is 1.32 bits per heavy atom. The van der Waals surface area contributed by atoms with Gasteiger partial charge in [-0.25, -0.2) is 8.42 Å². The number of nitrogens with one attached hydrogen (secondary N) is 2. The molecule has 0 aliphatic heterocycles. The minimum atomic E-state index is -3.33. The first-order valence-electron chi connectivity index (χ1n) is 6.29. The zero-order chi connectivity index (χ0) is 13.9. The van der Waals surface area contributed by atoms with Gasteiger partial charge in [0.15, 0.2) is 9.84 Å². The van der Waals surface area contributed by atoms with Crippen molar-refractivity contribution < 1.29 is 13.2 Å². The van der Waals surface area contributed by atoms with E-state index in [1.165, 1.54) is 18.9 Å². The lowest BCUT2D eigenvalue weighted by Gasteiger charge is -2.09. The van der Waals surface area contributed by atoms with Gasteiger partial charge in [0.1, 0.15) is 0 Å². The van der Waals surface area contributed by atoms with Gasteiger partial charge in [-0.3, -0.25) is 4.79 Å². The molecule has 1 saturated carbocycles. The lowest BCUT2D eigenvalue weighted by molar-refractivity contribution is -0.116. The number of para-hydroxylation sites is 1. The maximum atomic E-state index is 11.7. The van der Waals surface area contributed by atoms with E-state index < -0.39 is 9.84 Å². The SMILES string of the molecule is CS(=O)(=O)c1ccccc1NC(=O)CCNC1CC1. The number of carbonyl (C=O) groups is 1. The van der Waals surface area contributed by atoms with Crippen molar-refractivity contribution in [2.45, 2.75) is 30.2 Å². The van der Waals surface area contributed by atoms with Crippen LogP contribution in [-0.4, -0.2) is 33.2 Å². The number of carbonyl (C=O) groups excluding carboxylic acids is 1. The molecule has 0 atom stereocenters. The van der Waals surface area contributed by atoms with Gasteiger partial charge in [-0.1, -0.05) is 12.1 Å². The van der Waals surface area contributed by atoms with Crippen molar-refractivity contribution in [2.75, 3.05) is 18.1 Å². The topological polar surface area (TPSA) is 75.3 Å². The normalized spacial score (nSPS) is 15.2. The molecule has 0 radical (unpaired) electrons. The van der Waals surface area contributed by atoms with E-state index in [-0.39, 0.29) is 10.8 Å². The van der Waals surface area contributed by atoms with E-state index in [0.29, 0.717) is 24.7 Å². The van der Waals surface area contributed by atoms with Crippen molar-refractivity contribution in [3.63, 3.8) is 0 Å². The molecule has 0 heterocycles. The van der Waals surface area contributed by atoms with Crippen molar-refractivity contribution in [1.82, 2.24) is 5.32 Å². The van der Waals surface area contributed by atoms with Crippen molar-refractivity contribution in [1.29, 1.82) is 0 Å². The van der Waals surface area contributed by atoms with Crippen molar-refractivity contribution in [2.24, 2.45) is 0 Å². The van der Waals surface area contributed by atoms with Crippen LogP contribution in [-0.2, 0) is 14.6 Å². The van der Waals surface area contributed by atoms with Crippen LogP contribution in [0, 0.1) is 0 Å². The predicted octanol–water partition coefficient (Wildman–Crippen LogP) is 1.17. The second-order valence-electron chi connectivity index (χ2n) is 4.79. The molecule has 1 amide bonds. The van der Waals surface area contributed by atoms with Crippen LogP contribution in [0.15, 0.2) is 29.2 Å². The van der Waals surface area contributed by atoms with Gasteiger partial charge in [0.25, 0.3) is 0 Å². The minimum Gasteiger partial charge on any atom is -0.325 e. The Balaban J connectivity index is 1.95. The molecule has 1 aliphatic rings. The third-order valence-electron chi connectivity index (χ3n) is 2.92. The summed E-state index contributed by atoms with van der Waals surface area (Å²) in [6.45, 7) is 0.623. The Morgan fingerprint density at radius 2 is 2.00 bits per heavy atom. The molecule has 104 valence electrons. The Labute approximate surface area is 113 Å². The van der Waals surface area contributed by atoms with Crippen LogP contribution < -0.4 is 10.6 Å². The summed E-state index contributed by atoms with van der Waals surface area (Å²) in [4.78, 5) is 11.9. The summed E-state index contributed by atoms with van der Waals surface area (Å²) in [5.41, 5.74) is 0.349. The molecule has 1 fully saturated rings. The van der Waals surface area contributed by atoms with Gasteiger partial charge in [-0.2, -0.15) is 0 Å². The zero-order valence-corrected chi connectivity index (χ0v) is 11.7. The average Bonchev–Trinajstić information content (AvgIpc) is 3.12. The maximum absolute atomic E-state index is 11.7. The fourth-order valence-electron chi connectivity index (χ4n) is 1.78. The largest absolute Gasteiger partial charge is 0.325 e. The molecule has 2 N–H and O–H groups in total. The van der Waals surface area contributed by atoms with Crippen LogP contribution in [0.2, 0.25) is 0 Å².